The quantitative estimate of drug-likeness (QED) is 0.496. The molecule has 0 amide bonds. The molecule has 150 valence electrons. The van der Waals surface area contributed by atoms with Crippen LogP contribution >= 0.6 is 23.8 Å². The molecule has 29 heavy (non-hydrogen) atoms. The SMILES string of the molecule is CN(C)CCN(Cc1ccc(C#N)cc1)Cn1nc(-c2ccccc2Cl)oc1=S. The Balaban J connectivity index is 1.80. The first-order valence-corrected chi connectivity index (χ1v) is 9.94. The fourth-order valence-corrected chi connectivity index (χ4v) is 3.21. The van der Waals surface area contributed by atoms with E-state index in [1.165, 1.54) is 0 Å². The highest BCUT2D eigenvalue weighted by atomic mass is 35.5. The molecular formula is C21H22ClN5OS. The van der Waals surface area contributed by atoms with Gasteiger partial charge in [0.1, 0.15) is 0 Å². The lowest BCUT2D eigenvalue weighted by Crippen LogP contribution is -2.33. The topological polar surface area (TPSA) is 61.2 Å². The number of rotatable bonds is 8. The number of benzene rings is 2. The van der Waals surface area contributed by atoms with Crippen LogP contribution in [0, 0.1) is 16.2 Å². The van der Waals surface area contributed by atoms with Crippen molar-refractivity contribution in [1.82, 2.24) is 19.6 Å². The maximum absolute atomic E-state index is 8.99. The van der Waals surface area contributed by atoms with Gasteiger partial charge >= 0.3 is 0 Å². The number of nitrogens with zero attached hydrogens (tertiary/aromatic N) is 5. The van der Waals surface area contributed by atoms with Gasteiger partial charge in [-0.2, -0.15) is 5.26 Å². The third kappa shape index (κ3) is 5.75. The number of aromatic nitrogens is 2. The molecule has 0 aliphatic rings. The molecule has 0 atom stereocenters. The molecular weight excluding hydrogens is 406 g/mol. The highest BCUT2D eigenvalue weighted by Gasteiger charge is 2.14. The molecule has 0 N–H and O–H groups in total. The molecule has 2 aromatic carbocycles. The number of nitriles is 1. The van der Waals surface area contributed by atoms with E-state index < -0.39 is 0 Å². The Morgan fingerprint density at radius 1 is 1.14 bits per heavy atom. The van der Waals surface area contributed by atoms with Gasteiger partial charge in [-0.05, 0) is 56.1 Å². The van der Waals surface area contributed by atoms with Crippen LogP contribution in [0.1, 0.15) is 11.1 Å². The highest BCUT2D eigenvalue weighted by molar-refractivity contribution is 7.71. The highest BCUT2D eigenvalue weighted by Crippen LogP contribution is 2.26. The second-order valence-corrected chi connectivity index (χ2v) is 7.71. The van der Waals surface area contributed by atoms with Crippen molar-refractivity contribution in [3.63, 3.8) is 0 Å². The molecule has 1 aromatic heterocycles. The van der Waals surface area contributed by atoms with Crippen molar-refractivity contribution in [3.05, 3.63) is 69.5 Å². The summed E-state index contributed by atoms with van der Waals surface area (Å²) < 4.78 is 7.37. The predicted molar refractivity (Wildman–Crippen MR) is 116 cm³/mol. The third-order valence-electron chi connectivity index (χ3n) is 4.40. The Morgan fingerprint density at radius 3 is 2.52 bits per heavy atom. The van der Waals surface area contributed by atoms with Crippen LogP contribution in [0.3, 0.4) is 0 Å². The van der Waals surface area contributed by atoms with Gasteiger partial charge in [0.25, 0.3) is 4.84 Å². The zero-order chi connectivity index (χ0) is 20.8. The smallest absolute Gasteiger partial charge is 0.288 e. The van der Waals surface area contributed by atoms with E-state index in [4.69, 9.17) is 33.5 Å². The van der Waals surface area contributed by atoms with E-state index in [9.17, 15) is 0 Å². The first-order chi connectivity index (χ1) is 14.0. The van der Waals surface area contributed by atoms with Crippen molar-refractivity contribution in [3.8, 4) is 17.5 Å². The lowest BCUT2D eigenvalue weighted by molar-refractivity contribution is 0.176. The monoisotopic (exact) mass is 427 g/mol. The molecule has 0 spiro atoms. The Hall–Kier alpha value is -2.50. The Labute approximate surface area is 180 Å². The average Bonchev–Trinajstić information content (AvgIpc) is 3.07. The van der Waals surface area contributed by atoms with Crippen LogP contribution in [0.15, 0.2) is 52.9 Å². The maximum Gasteiger partial charge on any atom is 0.288 e. The zero-order valence-corrected chi connectivity index (χ0v) is 18.0. The summed E-state index contributed by atoms with van der Waals surface area (Å²) in [5.74, 6) is 0.409. The normalized spacial score (nSPS) is 11.2. The number of hydrogen-bond donors (Lipinski definition) is 0. The molecule has 0 fully saturated rings. The summed E-state index contributed by atoms with van der Waals surface area (Å²) in [6.45, 7) is 2.90. The van der Waals surface area contributed by atoms with Gasteiger partial charge in [0.15, 0.2) is 0 Å². The van der Waals surface area contributed by atoms with Crippen molar-refractivity contribution < 1.29 is 4.42 Å². The van der Waals surface area contributed by atoms with Gasteiger partial charge in [-0.25, -0.2) is 4.68 Å². The van der Waals surface area contributed by atoms with Crippen LogP contribution in [0.2, 0.25) is 5.02 Å². The number of halogens is 1. The summed E-state index contributed by atoms with van der Waals surface area (Å²) in [4.78, 5) is 4.66. The molecule has 0 radical (unpaired) electrons. The summed E-state index contributed by atoms with van der Waals surface area (Å²) in [7, 11) is 4.08. The summed E-state index contributed by atoms with van der Waals surface area (Å²) in [5.41, 5.74) is 2.48. The third-order valence-corrected chi connectivity index (χ3v) is 5.02. The maximum atomic E-state index is 8.99. The van der Waals surface area contributed by atoms with E-state index in [2.05, 4.69) is 21.0 Å². The first-order valence-electron chi connectivity index (χ1n) is 9.15. The molecule has 1 heterocycles. The fraction of sp³-hybridized carbons (Fsp3) is 0.286. The molecule has 0 aliphatic carbocycles. The summed E-state index contributed by atoms with van der Waals surface area (Å²) in [5, 5.41) is 14.1. The standard InChI is InChI=1S/C21H22ClN5OS/c1-25(2)11-12-26(14-17-9-7-16(13-23)8-10-17)15-27-21(29)28-20(24-27)18-5-3-4-6-19(18)22/h3-10H,11-12,14-15H2,1-2H3. The van der Waals surface area contributed by atoms with Crippen LogP contribution in [-0.4, -0.2) is 46.8 Å². The van der Waals surface area contributed by atoms with E-state index in [1.807, 2.05) is 56.6 Å². The van der Waals surface area contributed by atoms with Gasteiger partial charge < -0.3 is 9.32 Å². The van der Waals surface area contributed by atoms with Gasteiger partial charge in [-0.15, -0.1) is 5.10 Å². The van der Waals surface area contributed by atoms with Gasteiger partial charge in [0, 0.05) is 19.6 Å². The molecule has 3 aromatic rings. The Kier molecular flexibility index (Phi) is 7.18. The van der Waals surface area contributed by atoms with Gasteiger partial charge in [0.05, 0.1) is 28.9 Å². The van der Waals surface area contributed by atoms with Crippen LogP contribution in [-0.2, 0) is 13.2 Å². The Morgan fingerprint density at radius 2 is 1.86 bits per heavy atom. The van der Waals surface area contributed by atoms with Crippen LogP contribution in [0.25, 0.3) is 11.5 Å². The summed E-state index contributed by atoms with van der Waals surface area (Å²) in [6, 6.07) is 17.1. The Bertz CT molecular complexity index is 1050. The summed E-state index contributed by atoms with van der Waals surface area (Å²) >= 11 is 11.6. The number of likely N-dealkylation sites (N-methyl/N-ethyl adjacent to an activating group) is 1. The van der Waals surface area contributed by atoms with E-state index in [1.54, 1.807) is 10.7 Å². The van der Waals surface area contributed by atoms with Gasteiger partial charge in [-0.3, -0.25) is 4.90 Å². The minimum atomic E-state index is 0.301. The average molecular weight is 428 g/mol. The molecule has 0 saturated heterocycles. The lowest BCUT2D eigenvalue weighted by Gasteiger charge is -2.23. The van der Waals surface area contributed by atoms with Crippen LogP contribution < -0.4 is 0 Å². The predicted octanol–water partition coefficient (Wildman–Crippen LogP) is 4.42. The van der Waals surface area contributed by atoms with E-state index in [0.29, 0.717) is 40.1 Å². The van der Waals surface area contributed by atoms with Crippen molar-refractivity contribution in [1.29, 1.82) is 5.26 Å². The van der Waals surface area contributed by atoms with E-state index >= 15 is 0 Å². The second-order valence-electron chi connectivity index (χ2n) is 6.96. The molecule has 8 heteroatoms. The van der Waals surface area contributed by atoms with E-state index in [0.717, 1.165) is 18.7 Å². The van der Waals surface area contributed by atoms with Crippen molar-refractivity contribution in [2.24, 2.45) is 0 Å². The van der Waals surface area contributed by atoms with Gasteiger partial charge in [-0.1, -0.05) is 35.9 Å². The second kappa shape index (κ2) is 9.81. The van der Waals surface area contributed by atoms with Crippen molar-refractivity contribution >= 4 is 23.8 Å². The molecule has 0 aliphatic heterocycles. The zero-order valence-electron chi connectivity index (χ0n) is 16.4. The summed E-state index contributed by atoms with van der Waals surface area (Å²) in [6.07, 6.45) is 0. The molecule has 0 unspecified atom stereocenters. The molecule has 0 bridgehead atoms. The van der Waals surface area contributed by atoms with Crippen molar-refractivity contribution in [2.75, 3.05) is 27.2 Å². The first kappa shape index (κ1) is 21.2. The number of hydrogen-bond acceptors (Lipinski definition) is 6. The van der Waals surface area contributed by atoms with Gasteiger partial charge in [0.2, 0.25) is 5.89 Å². The minimum Gasteiger partial charge on any atom is -0.409 e. The molecule has 6 nitrogen and oxygen atoms in total. The van der Waals surface area contributed by atoms with E-state index in [-0.39, 0.29) is 0 Å². The lowest BCUT2D eigenvalue weighted by atomic mass is 10.1. The molecule has 3 rings (SSSR count). The fourth-order valence-electron chi connectivity index (χ4n) is 2.81. The van der Waals surface area contributed by atoms with Crippen LogP contribution in [0.4, 0.5) is 0 Å². The molecule has 0 saturated carbocycles. The van der Waals surface area contributed by atoms with Crippen molar-refractivity contribution in [2.45, 2.75) is 13.2 Å². The van der Waals surface area contributed by atoms with Crippen LogP contribution in [0.5, 0.6) is 0 Å². The largest absolute Gasteiger partial charge is 0.409 e. The minimum absolute atomic E-state index is 0.301.